The molecule has 2 heterocycles. The molecule has 2 unspecified atom stereocenters. The molecule has 1 saturated heterocycles. The second kappa shape index (κ2) is 9.93. The normalized spacial score (nSPS) is 18.2. The maximum Gasteiger partial charge on any atom is 0.260 e. The number of nitrogens with one attached hydrogen (secondary N) is 2. The van der Waals surface area contributed by atoms with Gasteiger partial charge in [0, 0.05) is 24.5 Å². The van der Waals surface area contributed by atoms with Crippen molar-refractivity contribution in [1.82, 2.24) is 15.2 Å². The van der Waals surface area contributed by atoms with Gasteiger partial charge in [0.1, 0.15) is 5.82 Å². The van der Waals surface area contributed by atoms with Crippen molar-refractivity contribution in [1.29, 1.82) is 0 Å². The summed E-state index contributed by atoms with van der Waals surface area (Å²) >= 11 is 1.21. The van der Waals surface area contributed by atoms with Gasteiger partial charge in [-0.25, -0.2) is 9.37 Å². The van der Waals surface area contributed by atoms with Crippen molar-refractivity contribution in [2.24, 2.45) is 5.92 Å². The number of halogens is 1. The molecule has 3 rings (SSSR count). The first-order chi connectivity index (χ1) is 13.9. The van der Waals surface area contributed by atoms with Crippen LogP contribution >= 0.6 is 11.3 Å². The lowest BCUT2D eigenvalue weighted by Crippen LogP contribution is -2.45. The molecular weight excluding hydrogens is 391 g/mol. The number of piperidine rings is 1. The highest BCUT2D eigenvalue weighted by Crippen LogP contribution is 2.18. The van der Waals surface area contributed by atoms with Crippen LogP contribution in [0.1, 0.15) is 42.7 Å². The molecule has 0 radical (unpaired) electrons. The summed E-state index contributed by atoms with van der Waals surface area (Å²) in [4.78, 5) is 31.2. The molecule has 29 heavy (non-hydrogen) atoms. The predicted octanol–water partition coefficient (Wildman–Crippen LogP) is 3.31. The first-order valence-corrected chi connectivity index (χ1v) is 10.8. The number of thiazole rings is 1. The molecule has 0 bridgehead atoms. The molecule has 1 fully saturated rings. The zero-order valence-electron chi connectivity index (χ0n) is 16.8. The van der Waals surface area contributed by atoms with E-state index in [1.807, 2.05) is 6.92 Å². The van der Waals surface area contributed by atoms with Crippen LogP contribution in [0.4, 0.5) is 9.52 Å². The van der Waals surface area contributed by atoms with E-state index in [2.05, 4.69) is 27.4 Å². The number of rotatable bonds is 7. The van der Waals surface area contributed by atoms with Gasteiger partial charge in [0.15, 0.2) is 5.13 Å². The summed E-state index contributed by atoms with van der Waals surface area (Å²) in [5.41, 5.74) is 0.540. The third-order valence-corrected chi connectivity index (χ3v) is 5.72. The van der Waals surface area contributed by atoms with Crippen LogP contribution < -0.4 is 10.6 Å². The average Bonchev–Trinajstić information content (AvgIpc) is 3.08. The van der Waals surface area contributed by atoms with E-state index in [9.17, 15) is 14.0 Å². The average molecular weight is 419 g/mol. The fourth-order valence-electron chi connectivity index (χ4n) is 3.63. The number of likely N-dealkylation sites (tertiary alicyclic amines) is 1. The molecule has 1 aromatic carbocycles. The Morgan fingerprint density at radius 2 is 2.17 bits per heavy atom. The van der Waals surface area contributed by atoms with Gasteiger partial charge in [-0.2, -0.15) is 0 Å². The summed E-state index contributed by atoms with van der Waals surface area (Å²) in [7, 11) is 0. The van der Waals surface area contributed by atoms with Crippen molar-refractivity contribution in [2.45, 2.75) is 39.2 Å². The van der Waals surface area contributed by atoms with E-state index >= 15 is 0 Å². The van der Waals surface area contributed by atoms with E-state index in [1.54, 1.807) is 11.4 Å². The topological polar surface area (TPSA) is 74.3 Å². The van der Waals surface area contributed by atoms with Crippen molar-refractivity contribution >= 4 is 28.3 Å². The third kappa shape index (κ3) is 6.33. The maximum absolute atomic E-state index is 13.7. The van der Waals surface area contributed by atoms with Crippen molar-refractivity contribution in [3.05, 3.63) is 46.7 Å². The highest BCUT2D eigenvalue weighted by atomic mass is 32.1. The monoisotopic (exact) mass is 418 g/mol. The van der Waals surface area contributed by atoms with E-state index in [1.165, 1.54) is 42.4 Å². The molecule has 8 heteroatoms. The lowest BCUT2D eigenvalue weighted by molar-refractivity contribution is -0.121. The highest BCUT2D eigenvalue weighted by Gasteiger charge is 2.19. The van der Waals surface area contributed by atoms with Gasteiger partial charge in [-0.3, -0.25) is 14.9 Å². The Kier molecular flexibility index (Phi) is 7.33. The van der Waals surface area contributed by atoms with Gasteiger partial charge >= 0.3 is 0 Å². The number of aromatic nitrogens is 1. The summed E-state index contributed by atoms with van der Waals surface area (Å²) in [6.45, 7) is 7.29. The van der Waals surface area contributed by atoms with Gasteiger partial charge in [-0.05, 0) is 44.4 Å². The lowest BCUT2D eigenvalue weighted by Gasteiger charge is -2.32. The van der Waals surface area contributed by atoms with Crippen LogP contribution in [0.5, 0.6) is 0 Å². The van der Waals surface area contributed by atoms with Crippen molar-refractivity contribution in [2.75, 3.05) is 25.0 Å². The van der Waals surface area contributed by atoms with Crippen LogP contribution in [-0.4, -0.2) is 47.4 Å². The molecule has 0 saturated carbocycles. The quantitative estimate of drug-likeness (QED) is 0.723. The first-order valence-electron chi connectivity index (χ1n) is 9.92. The maximum atomic E-state index is 13.7. The molecule has 0 spiro atoms. The number of hydrogen-bond acceptors (Lipinski definition) is 5. The summed E-state index contributed by atoms with van der Waals surface area (Å²) in [5.74, 6) is -0.532. The van der Waals surface area contributed by atoms with Crippen LogP contribution in [0, 0.1) is 11.7 Å². The Morgan fingerprint density at radius 1 is 1.38 bits per heavy atom. The second-order valence-corrected chi connectivity index (χ2v) is 8.59. The largest absolute Gasteiger partial charge is 0.352 e. The molecule has 0 aliphatic carbocycles. The van der Waals surface area contributed by atoms with Gasteiger partial charge < -0.3 is 10.2 Å². The Balaban J connectivity index is 1.47. The minimum absolute atomic E-state index is 0.0390. The summed E-state index contributed by atoms with van der Waals surface area (Å²) in [6.07, 6.45) is 2.63. The van der Waals surface area contributed by atoms with E-state index in [4.69, 9.17) is 0 Å². The van der Waals surface area contributed by atoms with Crippen LogP contribution in [0.25, 0.3) is 0 Å². The summed E-state index contributed by atoms with van der Waals surface area (Å²) in [5, 5.41) is 7.68. The summed E-state index contributed by atoms with van der Waals surface area (Å²) in [6, 6.07) is 5.84. The fraction of sp³-hybridized carbons (Fsp3) is 0.476. The molecule has 2 aromatic rings. The lowest BCUT2D eigenvalue weighted by atomic mass is 10.00. The van der Waals surface area contributed by atoms with Crippen LogP contribution in [-0.2, 0) is 11.2 Å². The molecule has 156 valence electrons. The number of nitrogens with zero attached hydrogens (tertiary/aromatic N) is 2. The molecule has 1 aromatic heterocycles. The smallest absolute Gasteiger partial charge is 0.260 e. The van der Waals surface area contributed by atoms with E-state index in [0.29, 0.717) is 16.7 Å². The molecule has 2 N–H and O–H groups in total. The van der Waals surface area contributed by atoms with E-state index < -0.39 is 11.7 Å². The number of carbonyl (C=O) groups excluding carboxylic acids is 2. The van der Waals surface area contributed by atoms with Crippen molar-refractivity contribution in [3.8, 4) is 0 Å². The van der Waals surface area contributed by atoms with Crippen molar-refractivity contribution in [3.63, 3.8) is 0 Å². The minimum Gasteiger partial charge on any atom is -0.352 e. The highest BCUT2D eigenvalue weighted by molar-refractivity contribution is 7.14. The molecule has 6 nitrogen and oxygen atoms in total. The Labute approximate surface area is 174 Å². The fourth-order valence-corrected chi connectivity index (χ4v) is 4.34. The van der Waals surface area contributed by atoms with Crippen LogP contribution in [0.15, 0.2) is 29.6 Å². The molecule has 2 atom stereocenters. The standard InChI is InChI=1S/C21H27FN4O2S/c1-14-6-5-9-26(11-14)12-15(2)23-19(27)10-16-13-29-21(24-16)25-20(28)17-7-3-4-8-18(17)22/h3-4,7-8,13-15H,5-6,9-12H2,1-2H3,(H,23,27)(H,24,25,28). The zero-order chi connectivity index (χ0) is 20.8. The predicted molar refractivity (Wildman–Crippen MR) is 113 cm³/mol. The Morgan fingerprint density at radius 3 is 2.93 bits per heavy atom. The molecule has 1 aliphatic rings. The Bertz CT molecular complexity index is 857. The molecule has 2 amide bonds. The van der Waals surface area contributed by atoms with E-state index in [-0.39, 0.29) is 23.9 Å². The third-order valence-electron chi connectivity index (χ3n) is 4.91. The van der Waals surface area contributed by atoms with Crippen LogP contribution in [0.3, 0.4) is 0 Å². The van der Waals surface area contributed by atoms with Crippen molar-refractivity contribution < 1.29 is 14.0 Å². The van der Waals surface area contributed by atoms with Gasteiger partial charge in [0.25, 0.3) is 5.91 Å². The molecule has 1 aliphatic heterocycles. The first kappa shape index (κ1) is 21.4. The Hall–Kier alpha value is -2.32. The molecular formula is C21H27FN4O2S. The number of anilines is 1. The number of carbonyl (C=O) groups is 2. The second-order valence-electron chi connectivity index (χ2n) is 7.73. The number of hydrogen-bond donors (Lipinski definition) is 2. The summed E-state index contributed by atoms with van der Waals surface area (Å²) < 4.78 is 13.7. The number of benzene rings is 1. The van der Waals surface area contributed by atoms with Gasteiger partial charge in [0.05, 0.1) is 17.7 Å². The van der Waals surface area contributed by atoms with E-state index in [0.717, 1.165) is 19.6 Å². The number of amides is 2. The minimum atomic E-state index is -0.585. The van der Waals surface area contributed by atoms with Crippen LogP contribution in [0.2, 0.25) is 0 Å². The van der Waals surface area contributed by atoms with Gasteiger partial charge in [-0.1, -0.05) is 19.1 Å². The zero-order valence-corrected chi connectivity index (χ0v) is 17.6. The van der Waals surface area contributed by atoms with Gasteiger partial charge in [0.2, 0.25) is 5.91 Å². The SMILES string of the molecule is CC1CCCN(CC(C)NC(=O)Cc2csc(NC(=O)c3ccccc3F)n2)C1. The van der Waals surface area contributed by atoms with Gasteiger partial charge in [-0.15, -0.1) is 11.3 Å².